The van der Waals surface area contributed by atoms with Gasteiger partial charge in [-0.05, 0) is 31.2 Å². The van der Waals surface area contributed by atoms with Gasteiger partial charge in [-0.15, -0.1) is 10.2 Å². The van der Waals surface area contributed by atoms with Gasteiger partial charge in [-0.1, -0.05) is 6.07 Å². The van der Waals surface area contributed by atoms with E-state index < -0.39 is 4.92 Å². The van der Waals surface area contributed by atoms with Gasteiger partial charge in [0.2, 0.25) is 5.89 Å². The molecule has 2 aromatic carbocycles. The number of methoxy groups -OCH3 is 2. The predicted molar refractivity (Wildman–Crippen MR) is 105 cm³/mol. The maximum absolute atomic E-state index is 10.8. The standard InChI is InChI=1S/C20H22N4O5/c1-13(23(2)12-15-6-5-7-17(27-3)18(15)28-4)19-21-22-20(29-19)14-8-10-16(11-9-14)24(25)26/h5-11,13H,12H2,1-4H3/p+1/t13-/m1/s1. The van der Waals surface area contributed by atoms with Gasteiger partial charge in [0.05, 0.1) is 31.8 Å². The molecule has 0 aliphatic heterocycles. The van der Waals surface area contributed by atoms with Crippen LogP contribution in [0.15, 0.2) is 46.9 Å². The normalized spacial score (nSPS) is 13.0. The van der Waals surface area contributed by atoms with Gasteiger partial charge in [0, 0.05) is 17.7 Å². The first kappa shape index (κ1) is 20.3. The monoisotopic (exact) mass is 399 g/mol. The van der Waals surface area contributed by atoms with Crippen molar-refractivity contribution in [3.8, 4) is 23.0 Å². The Morgan fingerprint density at radius 2 is 1.86 bits per heavy atom. The van der Waals surface area contributed by atoms with Crippen LogP contribution < -0.4 is 14.4 Å². The summed E-state index contributed by atoms with van der Waals surface area (Å²) >= 11 is 0. The molecule has 0 spiro atoms. The summed E-state index contributed by atoms with van der Waals surface area (Å²) in [6, 6.07) is 11.7. The quantitative estimate of drug-likeness (QED) is 0.458. The number of hydrogen-bond acceptors (Lipinski definition) is 7. The number of hydrogen-bond donors (Lipinski definition) is 1. The molecule has 152 valence electrons. The molecule has 3 aromatic rings. The number of para-hydroxylation sites is 1. The fraction of sp³-hybridized carbons (Fsp3) is 0.300. The number of nitrogens with zero attached hydrogens (tertiary/aromatic N) is 3. The Morgan fingerprint density at radius 3 is 2.48 bits per heavy atom. The van der Waals surface area contributed by atoms with Crippen molar-refractivity contribution in [3.63, 3.8) is 0 Å². The van der Waals surface area contributed by atoms with Crippen molar-refractivity contribution in [2.45, 2.75) is 19.5 Å². The van der Waals surface area contributed by atoms with Crippen molar-refractivity contribution in [3.05, 3.63) is 64.0 Å². The average Bonchev–Trinajstić information content (AvgIpc) is 3.23. The summed E-state index contributed by atoms with van der Waals surface area (Å²) in [7, 11) is 5.26. The highest BCUT2D eigenvalue weighted by Gasteiger charge is 2.24. The van der Waals surface area contributed by atoms with Gasteiger partial charge >= 0.3 is 0 Å². The highest BCUT2D eigenvalue weighted by molar-refractivity contribution is 5.55. The van der Waals surface area contributed by atoms with E-state index in [4.69, 9.17) is 13.9 Å². The molecule has 29 heavy (non-hydrogen) atoms. The second kappa shape index (κ2) is 8.70. The van der Waals surface area contributed by atoms with Gasteiger partial charge in [-0.2, -0.15) is 0 Å². The number of nitrogens with one attached hydrogen (secondary N) is 1. The van der Waals surface area contributed by atoms with E-state index in [1.54, 1.807) is 26.4 Å². The summed E-state index contributed by atoms with van der Waals surface area (Å²) in [5.41, 5.74) is 1.65. The van der Waals surface area contributed by atoms with Crippen LogP contribution in [0.5, 0.6) is 11.5 Å². The number of nitro benzene ring substituents is 1. The molecule has 0 radical (unpaired) electrons. The zero-order chi connectivity index (χ0) is 21.0. The fourth-order valence-corrected chi connectivity index (χ4v) is 3.01. The third-order valence-electron chi connectivity index (χ3n) is 4.83. The molecular weight excluding hydrogens is 376 g/mol. The smallest absolute Gasteiger partial charge is 0.274 e. The molecule has 1 N–H and O–H groups in total. The molecule has 0 bridgehead atoms. The van der Waals surface area contributed by atoms with Crippen LogP contribution in [0.4, 0.5) is 5.69 Å². The lowest BCUT2D eigenvalue weighted by Gasteiger charge is -2.20. The molecule has 0 aliphatic carbocycles. The van der Waals surface area contributed by atoms with Crippen LogP contribution in [0.3, 0.4) is 0 Å². The summed E-state index contributed by atoms with van der Waals surface area (Å²) in [4.78, 5) is 11.5. The minimum atomic E-state index is -0.448. The molecule has 0 aliphatic rings. The Labute approximate surface area is 168 Å². The van der Waals surface area contributed by atoms with Gasteiger partial charge < -0.3 is 18.8 Å². The Balaban J connectivity index is 1.76. The Morgan fingerprint density at radius 1 is 1.14 bits per heavy atom. The van der Waals surface area contributed by atoms with Crippen molar-refractivity contribution >= 4 is 5.69 Å². The summed E-state index contributed by atoms with van der Waals surface area (Å²) in [6.07, 6.45) is 0. The first-order valence-corrected chi connectivity index (χ1v) is 9.05. The van der Waals surface area contributed by atoms with Crippen molar-refractivity contribution in [1.29, 1.82) is 0 Å². The molecule has 0 amide bonds. The molecule has 1 heterocycles. The van der Waals surface area contributed by atoms with Gasteiger partial charge in [-0.3, -0.25) is 10.1 Å². The second-order valence-electron chi connectivity index (χ2n) is 6.65. The van der Waals surface area contributed by atoms with Gasteiger partial charge in [0.25, 0.3) is 11.6 Å². The molecule has 0 fully saturated rings. The maximum atomic E-state index is 10.8. The molecular formula is C20H23N4O5+. The third kappa shape index (κ3) is 4.35. The number of ether oxygens (including phenoxy) is 2. The highest BCUT2D eigenvalue weighted by atomic mass is 16.6. The minimum absolute atomic E-state index is 0.0123. The molecule has 0 saturated carbocycles. The van der Waals surface area contributed by atoms with E-state index >= 15 is 0 Å². The van der Waals surface area contributed by atoms with Crippen LogP contribution in [-0.2, 0) is 6.54 Å². The molecule has 0 saturated heterocycles. The van der Waals surface area contributed by atoms with Crippen LogP contribution in [0.25, 0.3) is 11.5 Å². The predicted octanol–water partition coefficient (Wildman–Crippen LogP) is 2.44. The molecule has 1 aromatic heterocycles. The van der Waals surface area contributed by atoms with E-state index in [-0.39, 0.29) is 11.7 Å². The fourth-order valence-electron chi connectivity index (χ4n) is 3.01. The second-order valence-corrected chi connectivity index (χ2v) is 6.65. The molecule has 9 heteroatoms. The maximum Gasteiger partial charge on any atom is 0.274 e. The van der Waals surface area contributed by atoms with Crippen molar-refractivity contribution in [2.24, 2.45) is 0 Å². The summed E-state index contributed by atoms with van der Waals surface area (Å²) in [5.74, 6) is 2.20. The Kier molecular flexibility index (Phi) is 6.08. The van der Waals surface area contributed by atoms with Crippen LogP contribution in [0.2, 0.25) is 0 Å². The first-order chi connectivity index (χ1) is 13.9. The zero-order valence-corrected chi connectivity index (χ0v) is 16.7. The number of rotatable bonds is 8. The largest absolute Gasteiger partial charge is 0.493 e. The molecule has 2 atom stereocenters. The van der Waals surface area contributed by atoms with Crippen LogP contribution in [0.1, 0.15) is 24.4 Å². The van der Waals surface area contributed by atoms with E-state index in [0.29, 0.717) is 35.4 Å². The number of nitro groups is 1. The summed E-state index contributed by atoms with van der Waals surface area (Å²) in [6.45, 7) is 2.66. The molecule has 3 rings (SSSR count). The van der Waals surface area contributed by atoms with Gasteiger partial charge in [0.15, 0.2) is 17.5 Å². The third-order valence-corrected chi connectivity index (χ3v) is 4.83. The van der Waals surface area contributed by atoms with Gasteiger partial charge in [0.1, 0.15) is 6.54 Å². The van der Waals surface area contributed by atoms with E-state index in [2.05, 4.69) is 10.2 Å². The van der Waals surface area contributed by atoms with E-state index in [9.17, 15) is 10.1 Å². The molecule has 1 unspecified atom stereocenters. The van der Waals surface area contributed by atoms with E-state index in [0.717, 1.165) is 10.5 Å². The van der Waals surface area contributed by atoms with Crippen LogP contribution in [-0.4, -0.2) is 36.4 Å². The minimum Gasteiger partial charge on any atom is -0.493 e. The Bertz CT molecular complexity index is 987. The molecule has 9 nitrogen and oxygen atoms in total. The zero-order valence-electron chi connectivity index (χ0n) is 16.7. The Hall–Kier alpha value is -3.46. The number of aromatic nitrogens is 2. The first-order valence-electron chi connectivity index (χ1n) is 9.05. The van der Waals surface area contributed by atoms with Crippen LogP contribution in [0, 0.1) is 10.1 Å². The lowest BCUT2D eigenvalue weighted by atomic mass is 10.1. The topological polar surface area (TPSA) is 105 Å². The average molecular weight is 399 g/mol. The van der Waals surface area contributed by atoms with Crippen molar-refractivity contribution < 1.29 is 23.7 Å². The number of quaternary nitrogens is 1. The van der Waals surface area contributed by atoms with Gasteiger partial charge in [-0.25, -0.2) is 0 Å². The summed E-state index contributed by atoms with van der Waals surface area (Å²) in [5, 5.41) is 19.0. The number of non-ortho nitro benzene ring substituents is 1. The van der Waals surface area contributed by atoms with E-state index in [1.165, 1.54) is 12.1 Å². The van der Waals surface area contributed by atoms with Crippen LogP contribution >= 0.6 is 0 Å². The number of benzene rings is 2. The van der Waals surface area contributed by atoms with Crippen molar-refractivity contribution in [2.75, 3.05) is 21.3 Å². The lowest BCUT2D eigenvalue weighted by molar-refractivity contribution is -0.925. The SMILES string of the molecule is COc1cccc(C[NH+](C)[C@H](C)c2nnc(-c3ccc([N+](=O)[O-])cc3)o2)c1OC. The highest BCUT2D eigenvalue weighted by Crippen LogP contribution is 2.30. The summed E-state index contributed by atoms with van der Waals surface area (Å²) < 4.78 is 16.7. The van der Waals surface area contributed by atoms with Crippen molar-refractivity contribution in [1.82, 2.24) is 10.2 Å². The lowest BCUT2D eigenvalue weighted by Crippen LogP contribution is -3.07. The van der Waals surface area contributed by atoms with E-state index in [1.807, 2.05) is 32.2 Å².